The minimum absolute atomic E-state index is 0.00680. The highest BCUT2D eigenvalue weighted by molar-refractivity contribution is 5.78. The highest BCUT2D eigenvalue weighted by Gasteiger charge is 2.32. The molecule has 1 heterocycles. The van der Waals surface area contributed by atoms with Crippen LogP contribution in [0.2, 0.25) is 0 Å². The first-order valence-corrected chi connectivity index (χ1v) is 11.1. The fourth-order valence-electron chi connectivity index (χ4n) is 3.98. The van der Waals surface area contributed by atoms with E-state index in [2.05, 4.69) is 10.4 Å². The van der Waals surface area contributed by atoms with E-state index < -0.39 is 30.2 Å². The Hall–Kier alpha value is -3.76. The van der Waals surface area contributed by atoms with E-state index in [1.54, 1.807) is 10.8 Å². The Morgan fingerprint density at radius 2 is 1.94 bits per heavy atom. The van der Waals surface area contributed by atoms with E-state index in [0.717, 1.165) is 23.8 Å². The number of carbonyl (C=O) groups excluding carboxylic acids is 1. The van der Waals surface area contributed by atoms with Gasteiger partial charge in [0.1, 0.15) is 24.1 Å². The standard InChI is InChI=1S/C25H30F2N6O2/c1-16(2)24(33(23(35)15-34)13-19(28)11-30-29)25-31-22(20-10-18(26)8-9-21(20)27)14-32(25)12-17-6-4-3-5-7-17/h3-11,14,16,24,30,34H,12-13,15,28-29H2,1-2H3/b19-11-. The van der Waals surface area contributed by atoms with Crippen LogP contribution in [0.15, 0.2) is 66.6 Å². The van der Waals surface area contributed by atoms with E-state index >= 15 is 0 Å². The molecule has 1 atom stereocenters. The lowest BCUT2D eigenvalue weighted by Crippen LogP contribution is -2.42. The summed E-state index contributed by atoms with van der Waals surface area (Å²) in [5.74, 6) is 3.82. The summed E-state index contributed by atoms with van der Waals surface area (Å²) in [7, 11) is 0. The Morgan fingerprint density at radius 1 is 1.23 bits per heavy atom. The molecule has 0 aliphatic rings. The van der Waals surface area contributed by atoms with Crippen LogP contribution in [0.4, 0.5) is 8.78 Å². The highest BCUT2D eigenvalue weighted by atomic mass is 19.1. The van der Waals surface area contributed by atoms with Crippen molar-refractivity contribution in [1.29, 1.82) is 0 Å². The van der Waals surface area contributed by atoms with Crippen LogP contribution in [0.5, 0.6) is 0 Å². The molecule has 0 aliphatic heterocycles. The van der Waals surface area contributed by atoms with E-state index in [0.29, 0.717) is 12.4 Å². The van der Waals surface area contributed by atoms with Crippen LogP contribution in [-0.4, -0.2) is 38.6 Å². The van der Waals surface area contributed by atoms with Gasteiger partial charge in [-0.1, -0.05) is 44.2 Å². The number of amides is 1. The molecular formula is C25H30F2N6O2. The Morgan fingerprint density at radius 3 is 2.57 bits per heavy atom. The van der Waals surface area contributed by atoms with Crippen molar-refractivity contribution in [3.05, 3.63) is 89.6 Å². The van der Waals surface area contributed by atoms with Crippen LogP contribution < -0.4 is 17.0 Å². The van der Waals surface area contributed by atoms with Crippen LogP contribution >= 0.6 is 0 Å². The largest absolute Gasteiger partial charge is 0.399 e. The molecule has 6 N–H and O–H groups in total. The van der Waals surface area contributed by atoms with E-state index in [1.807, 2.05) is 44.2 Å². The number of hydrogen-bond acceptors (Lipinski definition) is 6. The molecule has 0 aliphatic carbocycles. The molecule has 0 saturated heterocycles. The Labute approximate surface area is 202 Å². The number of hydrazine groups is 1. The Balaban J connectivity index is 2.18. The second-order valence-electron chi connectivity index (χ2n) is 8.48. The van der Waals surface area contributed by atoms with Crippen molar-refractivity contribution >= 4 is 5.91 Å². The van der Waals surface area contributed by atoms with Gasteiger partial charge in [0.2, 0.25) is 5.91 Å². The smallest absolute Gasteiger partial charge is 0.249 e. The van der Waals surface area contributed by atoms with Crippen LogP contribution in [0, 0.1) is 17.6 Å². The highest BCUT2D eigenvalue weighted by Crippen LogP contribution is 2.32. The molecular weight excluding hydrogens is 454 g/mol. The minimum Gasteiger partial charge on any atom is -0.399 e. The first-order valence-electron chi connectivity index (χ1n) is 11.1. The van der Waals surface area contributed by atoms with Gasteiger partial charge in [-0.25, -0.2) is 13.8 Å². The number of nitrogens with two attached hydrogens (primary N) is 2. The fourth-order valence-corrected chi connectivity index (χ4v) is 3.98. The van der Waals surface area contributed by atoms with Gasteiger partial charge in [0, 0.05) is 30.2 Å². The molecule has 0 spiro atoms. The zero-order chi connectivity index (χ0) is 25.5. The molecule has 0 saturated carbocycles. The van der Waals surface area contributed by atoms with Gasteiger partial charge in [-0.15, -0.1) is 0 Å². The summed E-state index contributed by atoms with van der Waals surface area (Å²) in [6.07, 6.45) is 2.98. The summed E-state index contributed by atoms with van der Waals surface area (Å²) in [5.41, 5.74) is 9.79. The number of hydrogen-bond donors (Lipinski definition) is 4. The molecule has 35 heavy (non-hydrogen) atoms. The minimum atomic E-state index is -0.739. The van der Waals surface area contributed by atoms with Crippen molar-refractivity contribution in [2.45, 2.75) is 26.4 Å². The quantitative estimate of drug-likeness (QED) is 0.259. The number of halogens is 2. The van der Waals surface area contributed by atoms with Gasteiger partial charge in [0.15, 0.2) is 0 Å². The molecule has 3 rings (SSSR count). The number of rotatable bonds is 10. The maximum Gasteiger partial charge on any atom is 0.249 e. The van der Waals surface area contributed by atoms with Crippen molar-refractivity contribution in [3.8, 4) is 11.3 Å². The number of carbonyl (C=O) groups is 1. The second kappa shape index (κ2) is 11.6. The third-order valence-electron chi connectivity index (χ3n) is 5.52. The molecule has 0 radical (unpaired) electrons. The molecule has 1 amide bonds. The van der Waals surface area contributed by atoms with Crippen molar-refractivity contribution < 1.29 is 18.7 Å². The molecule has 0 fully saturated rings. The zero-order valence-electron chi connectivity index (χ0n) is 19.7. The van der Waals surface area contributed by atoms with Gasteiger partial charge in [0.05, 0.1) is 18.3 Å². The predicted molar refractivity (Wildman–Crippen MR) is 129 cm³/mol. The number of nitrogens with zero attached hydrogens (tertiary/aromatic N) is 3. The molecule has 8 nitrogen and oxygen atoms in total. The average molecular weight is 485 g/mol. The first-order chi connectivity index (χ1) is 16.7. The number of nitrogens with one attached hydrogen (secondary N) is 1. The van der Waals surface area contributed by atoms with Gasteiger partial charge in [0.25, 0.3) is 0 Å². The second-order valence-corrected chi connectivity index (χ2v) is 8.48. The van der Waals surface area contributed by atoms with Crippen LogP contribution in [0.3, 0.4) is 0 Å². The van der Waals surface area contributed by atoms with Crippen molar-refractivity contribution in [2.75, 3.05) is 13.2 Å². The number of benzene rings is 2. The lowest BCUT2D eigenvalue weighted by atomic mass is 10.0. The molecule has 1 aromatic heterocycles. The summed E-state index contributed by atoms with van der Waals surface area (Å²) in [6, 6.07) is 12.1. The van der Waals surface area contributed by atoms with E-state index in [4.69, 9.17) is 11.6 Å². The molecule has 0 bridgehead atoms. The van der Waals surface area contributed by atoms with E-state index in [1.165, 1.54) is 11.1 Å². The van der Waals surface area contributed by atoms with Crippen LogP contribution in [-0.2, 0) is 11.3 Å². The predicted octanol–water partition coefficient (Wildman–Crippen LogP) is 2.66. The lowest BCUT2D eigenvalue weighted by molar-refractivity contribution is -0.137. The lowest BCUT2D eigenvalue weighted by Gasteiger charge is -2.34. The Kier molecular flexibility index (Phi) is 8.56. The zero-order valence-corrected chi connectivity index (χ0v) is 19.7. The number of aliphatic hydroxyl groups is 1. The summed E-state index contributed by atoms with van der Waals surface area (Å²) in [4.78, 5) is 18.9. The van der Waals surface area contributed by atoms with Crippen LogP contribution in [0.1, 0.15) is 31.3 Å². The summed E-state index contributed by atoms with van der Waals surface area (Å²) in [5, 5.41) is 9.67. The number of aromatic nitrogens is 2. The SMILES string of the molecule is CC(C)C(c1nc(-c2cc(F)ccc2F)cn1Cc1ccccc1)N(C/C(N)=C/NN)C(=O)CO. The molecule has 1 unspecified atom stereocenters. The molecule has 2 aromatic carbocycles. The first kappa shape index (κ1) is 25.9. The maximum atomic E-state index is 14.6. The van der Waals surface area contributed by atoms with Crippen molar-refractivity contribution in [3.63, 3.8) is 0 Å². The third-order valence-corrected chi connectivity index (χ3v) is 5.52. The van der Waals surface area contributed by atoms with E-state index in [9.17, 15) is 18.7 Å². The molecule has 186 valence electrons. The summed E-state index contributed by atoms with van der Waals surface area (Å²) < 4.78 is 30.4. The Bertz CT molecular complexity index is 1180. The molecule has 10 heteroatoms. The van der Waals surface area contributed by atoms with Gasteiger partial charge in [-0.2, -0.15) is 0 Å². The van der Waals surface area contributed by atoms with E-state index in [-0.39, 0.29) is 29.4 Å². The van der Waals surface area contributed by atoms with Crippen LogP contribution in [0.25, 0.3) is 11.3 Å². The monoisotopic (exact) mass is 484 g/mol. The summed E-state index contributed by atoms with van der Waals surface area (Å²) in [6.45, 7) is 3.40. The van der Waals surface area contributed by atoms with Gasteiger partial charge in [-0.05, 0) is 29.7 Å². The normalized spacial score (nSPS) is 12.6. The number of imidazole rings is 1. The van der Waals surface area contributed by atoms with Gasteiger partial charge >= 0.3 is 0 Å². The maximum absolute atomic E-state index is 14.6. The third kappa shape index (κ3) is 6.23. The summed E-state index contributed by atoms with van der Waals surface area (Å²) >= 11 is 0. The van der Waals surface area contributed by atoms with Gasteiger partial charge in [-0.3, -0.25) is 10.6 Å². The fraction of sp³-hybridized carbons (Fsp3) is 0.280. The topological polar surface area (TPSA) is 122 Å². The number of aliphatic hydroxyl groups excluding tert-OH is 1. The van der Waals surface area contributed by atoms with Gasteiger partial charge < -0.3 is 25.7 Å². The molecule has 3 aromatic rings. The average Bonchev–Trinajstić information content (AvgIpc) is 3.23. The van der Waals surface area contributed by atoms with Crippen molar-refractivity contribution in [2.24, 2.45) is 17.5 Å². The van der Waals surface area contributed by atoms with Crippen molar-refractivity contribution in [1.82, 2.24) is 19.9 Å².